The number of carbonyl (C=O) groups excluding carboxylic acids is 1. The molecular formula is C20H18N6O2S. The summed E-state index contributed by atoms with van der Waals surface area (Å²) in [6.07, 6.45) is 5.06. The van der Waals surface area contributed by atoms with Crippen molar-refractivity contribution in [1.29, 1.82) is 0 Å². The molecule has 0 spiro atoms. The number of nitrogens with one attached hydrogen (secondary N) is 2. The van der Waals surface area contributed by atoms with Gasteiger partial charge in [-0.3, -0.25) is 9.78 Å². The van der Waals surface area contributed by atoms with Gasteiger partial charge in [-0.05, 0) is 30.3 Å². The lowest BCUT2D eigenvalue weighted by Gasteiger charge is -2.30. The predicted octanol–water partition coefficient (Wildman–Crippen LogP) is 3.01. The number of anilines is 2. The van der Waals surface area contributed by atoms with Crippen LogP contribution in [-0.2, 0) is 0 Å². The highest BCUT2D eigenvalue weighted by Gasteiger charge is 2.19. The van der Waals surface area contributed by atoms with Crippen LogP contribution in [0.25, 0.3) is 21.5 Å². The number of pyridine rings is 1. The Bertz CT molecular complexity index is 1160. The number of fused-ring (bicyclic) bond motifs is 1. The summed E-state index contributed by atoms with van der Waals surface area (Å²) in [5.74, 6) is -0.289. The van der Waals surface area contributed by atoms with Crippen molar-refractivity contribution < 1.29 is 9.21 Å². The summed E-state index contributed by atoms with van der Waals surface area (Å²) >= 11 is 1.26. The van der Waals surface area contributed by atoms with Gasteiger partial charge in [0, 0.05) is 43.3 Å². The SMILES string of the molecule is O=C(Nc1cnccc1N1CCNCC1)c1nnc(-c2ccc3occc3c2)s1. The highest BCUT2D eigenvalue weighted by atomic mass is 32.1. The van der Waals surface area contributed by atoms with Gasteiger partial charge in [0.05, 0.1) is 23.8 Å². The minimum Gasteiger partial charge on any atom is -0.464 e. The topological polar surface area (TPSA) is 96.2 Å². The van der Waals surface area contributed by atoms with Crippen molar-refractivity contribution in [2.45, 2.75) is 0 Å². The second kappa shape index (κ2) is 7.61. The fourth-order valence-corrected chi connectivity index (χ4v) is 4.11. The van der Waals surface area contributed by atoms with Gasteiger partial charge in [-0.25, -0.2) is 0 Å². The molecular weight excluding hydrogens is 388 g/mol. The molecule has 1 amide bonds. The summed E-state index contributed by atoms with van der Waals surface area (Å²) in [5, 5.41) is 16.5. The average molecular weight is 406 g/mol. The van der Waals surface area contributed by atoms with Crippen LogP contribution in [0.2, 0.25) is 0 Å². The van der Waals surface area contributed by atoms with Crippen molar-refractivity contribution in [3.8, 4) is 10.6 Å². The lowest BCUT2D eigenvalue weighted by Crippen LogP contribution is -2.43. The molecule has 0 atom stereocenters. The molecule has 2 N–H and O–H groups in total. The molecule has 9 heteroatoms. The molecule has 0 radical (unpaired) electrons. The second-order valence-corrected chi connectivity index (χ2v) is 7.65. The molecule has 5 rings (SSSR count). The smallest absolute Gasteiger partial charge is 0.286 e. The van der Waals surface area contributed by atoms with E-state index in [0.717, 1.165) is 48.4 Å². The lowest BCUT2D eigenvalue weighted by atomic mass is 10.2. The van der Waals surface area contributed by atoms with Gasteiger partial charge in [-0.1, -0.05) is 11.3 Å². The number of furan rings is 1. The largest absolute Gasteiger partial charge is 0.464 e. The zero-order chi connectivity index (χ0) is 19.6. The van der Waals surface area contributed by atoms with Crippen LogP contribution in [-0.4, -0.2) is 47.3 Å². The van der Waals surface area contributed by atoms with Gasteiger partial charge in [0.2, 0.25) is 5.01 Å². The molecule has 146 valence electrons. The minimum absolute atomic E-state index is 0.289. The highest BCUT2D eigenvalue weighted by Crippen LogP contribution is 2.29. The third kappa shape index (κ3) is 3.57. The van der Waals surface area contributed by atoms with E-state index in [1.54, 1.807) is 18.7 Å². The molecule has 4 heterocycles. The van der Waals surface area contributed by atoms with Crippen LogP contribution in [0.4, 0.5) is 11.4 Å². The molecule has 1 saturated heterocycles. The molecule has 8 nitrogen and oxygen atoms in total. The zero-order valence-electron chi connectivity index (χ0n) is 15.5. The second-order valence-electron chi connectivity index (χ2n) is 6.67. The van der Waals surface area contributed by atoms with Gasteiger partial charge in [0.25, 0.3) is 5.91 Å². The number of hydrogen-bond acceptors (Lipinski definition) is 8. The summed E-state index contributed by atoms with van der Waals surface area (Å²) in [6.45, 7) is 3.59. The number of hydrogen-bond donors (Lipinski definition) is 2. The number of nitrogens with zero attached hydrogens (tertiary/aromatic N) is 4. The Morgan fingerprint density at radius 1 is 1.17 bits per heavy atom. The van der Waals surface area contributed by atoms with E-state index < -0.39 is 0 Å². The standard InChI is InChI=1S/C20H18N6O2S/c27-18(23-15-12-22-5-3-16(15)26-8-6-21-7-9-26)20-25-24-19(29-20)14-1-2-17-13(11-14)4-10-28-17/h1-5,10-12,21H,6-9H2,(H,23,27). The van der Waals surface area contributed by atoms with Crippen molar-refractivity contribution in [3.63, 3.8) is 0 Å². The average Bonchev–Trinajstić information content (AvgIpc) is 3.44. The van der Waals surface area contributed by atoms with Crippen molar-refractivity contribution in [2.24, 2.45) is 0 Å². The van der Waals surface area contributed by atoms with Crippen LogP contribution in [0.1, 0.15) is 9.80 Å². The summed E-state index contributed by atoms with van der Waals surface area (Å²) in [4.78, 5) is 19.2. The van der Waals surface area contributed by atoms with E-state index in [1.165, 1.54) is 11.3 Å². The van der Waals surface area contributed by atoms with E-state index in [4.69, 9.17) is 4.42 Å². The van der Waals surface area contributed by atoms with Crippen LogP contribution >= 0.6 is 11.3 Å². The Hall–Kier alpha value is -3.30. The highest BCUT2D eigenvalue weighted by molar-refractivity contribution is 7.16. The van der Waals surface area contributed by atoms with E-state index >= 15 is 0 Å². The Morgan fingerprint density at radius 2 is 2.07 bits per heavy atom. The number of carbonyl (C=O) groups is 1. The minimum atomic E-state index is -0.289. The van der Waals surface area contributed by atoms with E-state index in [9.17, 15) is 4.79 Å². The van der Waals surface area contributed by atoms with Gasteiger partial charge in [0.15, 0.2) is 0 Å². The van der Waals surface area contributed by atoms with Crippen LogP contribution in [0, 0.1) is 0 Å². The van der Waals surface area contributed by atoms with E-state index in [2.05, 4.69) is 30.7 Å². The maximum Gasteiger partial charge on any atom is 0.286 e. The van der Waals surface area contributed by atoms with E-state index in [-0.39, 0.29) is 5.91 Å². The molecule has 0 unspecified atom stereocenters. The third-order valence-electron chi connectivity index (χ3n) is 4.82. The van der Waals surface area contributed by atoms with Gasteiger partial charge < -0.3 is 20.0 Å². The quantitative estimate of drug-likeness (QED) is 0.538. The summed E-state index contributed by atoms with van der Waals surface area (Å²) < 4.78 is 5.37. The van der Waals surface area contributed by atoms with Gasteiger partial charge in [-0.15, -0.1) is 10.2 Å². The molecule has 0 bridgehead atoms. The van der Waals surface area contributed by atoms with Crippen molar-refractivity contribution in [3.05, 3.63) is 54.0 Å². The number of amides is 1. The molecule has 3 aromatic heterocycles. The van der Waals surface area contributed by atoms with Crippen LogP contribution in [0.15, 0.2) is 53.4 Å². The zero-order valence-corrected chi connectivity index (χ0v) is 16.3. The molecule has 1 fully saturated rings. The first kappa shape index (κ1) is 17.8. The van der Waals surface area contributed by atoms with E-state index in [0.29, 0.717) is 15.7 Å². The normalized spacial score (nSPS) is 14.3. The molecule has 29 heavy (non-hydrogen) atoms. The first-order chi connectivity index (χ1) is 14.3. The van der Waals surface area contributed by atoms with Crippen molar-refractivity contribution in [2.75, 3.05) is 36.4 Å². The van der Waals surface area contributed by atoms with Gasteiger partial charge in [0.1, 0.15) is 10.6 Å². The maximum atomic E-state index is 12.8. The van der Waals surface area contributed by atoms with E-state index in [1.807, 2.05) is 30.3 Å². The first-order valence-electron chi connectivity index (χ1n) is 9.30. The number of piperazine rings is 1. The molecule has 0 aliphatic carbocycles. The Morgan fingerprint density at radius 3 is 2.97 bits per heavy atom. The Labute approximate surface area is 170 Å². The number of benzene rings is 1. The maximum absolute atomic E-state index is 12.8. The van der Waals surface area contributed by atoms with Gasteiger partial charge in [-0.2, -0.15) is 0 Å². The Balaban J connectivity index is 1.37. The Kier molecular flexibility index (Phi) is 4.66. The molecule has 1 aromatic carbocycles. The van der Waals surface area contributed by atoms with Crippen LogP contribution < -0.4 is 15.5 Å². The third-order valence-corrected chi connectivity index (χ3v) is 5.79. The molecule has 1 aliphatic rings. The van der Waals surface area contributed by atoms with Gasteiger partial charge >= 0.3 is 0 Å². The van der Waals surface area contributed by atoms with Crippen LogP contribution in [0.5, 0.6) is 0 Å². The fourth-order valence-electron chi connectivity index (χ4n) is 3.37. The molecule has 0 saturated carbocycles. The summed E-state index contributed by atoms with van der Waals surface area (Å²) in [7, 11) is 0. The number of aromatic nitrogens is 3. The first-order valence-corrected chi connectivity index (χ1v) is 10.1. The van der Waals surface area contributed by atoms with Crippen LogP contribution in [0.3, 0.4) is 0 Å². The monoisotopic (exact) mass is 406 g/mol. The number of rotatable bonds is 4. The summed E-state index contributed by atoms with van der Waals surface area (Å²) in [5.41, 5.74) is 3.35. The molecule has 4 aromatic rings. The summed E-state index contributed by atoms with van der Waals surface area (Å²) in [6, 6.07) is 9.60. The van der Waals surface area contributed by atoms with Crippen molar-refractivity contribution >= 4 is 39.6 Å². The molecule has 1 aliphatic heterocycles. The van der Waals surface area contributed by atoms with Crippen molar-refractivity contribution in [1.82, 2.24) is 20.5 Å². The predicted molar refractivity (Wildman–Crippen MR) is 112 cm³/mol. The fraction of sp³-hybridized carbons (Fsp3) is 0.200. The lowest BCUT2D eigenvalue weighted by molar-refractivity contribution is 0.102.